The molecule has 25 heavy (non-hydrogen) atoms. The first-order valence-electron chi connectivity index (χ1n) is 8.22. The summed E-state index contributed by atoms with van der Waals surface area (Å²) < 4.78 is 0. The third-order valence-corrected chi connectivity index (χ3v) is 4.38. The molecular weight excluding hydrogens is 336 g/mol. The highest BCUT2D eigenvalue weighted by atomic mass is 35.5. The number of aryl methyl sites for hydroxylation is 2. The maximum absolute atomic E-state index is 12.2. The molecule has 0 heterocycles. The molecule has 0 aliphatic heterocycles. The number of benzene rings is 2. The van der Waals surface area contributed by atoms with E-state index in [0.717, 1.165) is 16.8 Å². The van der Waals surface area contributed by atoms with Crippen molar-refractivity contribution >= 4 is 29.1 Å². The normalized spacial score (nSPS) is 10.4. The van der Waals surface area contributed by atoms with E-state index in [9.17, 15) is 9.59 Å². The molecule has 0 aliphatic rings. The monoisotopic (exact) mass is 358 g/mol. The Bertz CT molecular complexity index is 757. The van der Waals surface area contributed by atoms with Crippen molar-refractivity contribution in [3.8, 4) is 0 Å². The summed E-state index contributed by atoms with van der Waals surface area (Å²) in [6.07, 6.45) is 0.250. The first-order chi connectivity index (χ1) is 11.8. The molecule has 2 amide bonds. The average molecular weight is 359 g/mol. The quantitative estimate of drug-likeness (QED) is 0.835. The first-order valence-corrected chi connectivity index (χ1v) is 8.60. The molecule has 0 spiro atoms. The summed E-state index contributed by atoms with van der Waals surface area (Å²) in [4.78, 5) is 25.7. The predicted octanol–water partition coefficient (Wildman–Crippen LogP) is 4.33. The summed E-state index contributed by atoms with van der Waals surface area (Å²) in [5.74, 6) is -0.167. The van der Waals surface area contributed by atoms with E-state index in [1.165, 1.54) is 12.5 Å². The van der Waals surface area contributed by atoms with Crippen LogP contribution in [-0.2, 0) is 16.1 Å². The van der Waals surface area contributed by atoms with Crippen LogP contribution in [-0.4, -0.2) is 23.3 Å². The van der Waals surface area contributed by atoms with Crippen LogP contribution >= 0.6 is 11.6 Å². The van der Waals surface area contributed by atoms with Crippen LogP contribution in [0.3, 0.4) is 0 Å². The Morgan fingerprint density at radius 2 is 1.72 bits per heavy atom. The summed E-state index contributed by atoms with van der Waals surface area (Å²) in [7, 11) is 0. The fraction of sp³-hybridized carbons (Fsp3) is 0.300. The molecule has 0 unspecified atom stereocenters. The van der Waals surface area contributed by atoms with Crippen LogP contribution in [0.25, 0.3) is 0 Å². The van der Waals surface area contributed by atoms with Crippen LogP contribution in [0.1, 0.15) is 30.0 Å². The van der Waals surface area contributed by atoms with E-state index >= 15 is 0 Å². The van der Waals surface area contributed by atoms with Crippen molar-refractivity contribution in [1.29, 1.82) is 0 Å². The molecular formula is C20H23ClN2O2. The van der Waals surface area contributed by atoms with Crippen molar-refractivity contribution in [1.82, 2.24) is 4.90 Å². The minimum Gasteiger partial charge on any atom is -0.338 e. The minimum absolute atomic E-state index is 0.0612. The number of amides is 2. The van der Waals surface area contributed by atoms with Crippen molar-refractivity contribution in [3.63, 3.8) is 0 Å². The zero-order valence-corrected chi connectivity index (χ0v) is 15.6. The van der Waals surface area contributed by atoms with Gasteiger partial charge in [0.05, 0.1) is 0 Å². The molecule has 0 saturated heterocycles. The molecule has 0 aliphatic carbocycles. The minimum atomic E-state index is -0.106. The van der Waals surface area contributed by atoms with Gasteiger partial charge in [0.25, 0.3) is 0 Å². The van der Waals surface area contributed by atoms with Crippen molar-refractivity contribution < 1.29 is 9.59 Å². The third-order valence-electron chi connectivity index (χ3n) is 4.13. The number of carbonyl (C=O) groups is 2. The van der Waals surface area contributed by atoms with Crippen LogP contribution < -0.4 is 5.32 Å². The zero-order valence-electron chi connectivity index (χ0n) is 14.8. The van der Waals surface area contributed by atoms with Gasteiger partial charge in [0.15, 0.2) is 0 Å². The maximum atomic E-state index is 12.2. The van der Waals surface area contributed by atoms with Crippen molar-refractivity contribution in [2.75, 3.05) is 11.9 Å². The Morgan fingerprint density at radius 1 is 1.04 bits per heavy atom. The lowest BCUT2D eigenvalue weighted by Gasteiger charge is -2.21. The van der Waals surface area contributed by atoms with Crippen molar-refractivity contribution in [3.05, 3.63) is 64.2 Å². The number of carbonyl (C=O) groups excluding carboxylic acids is 2. The van der Waals surface area contributed by atoms with Gasteiger partial charge in [-0.1, -0.05) is 29.8 Å². The number of halogens is 1. The summed E-state index contributed by atoms with van der Waals surface area (Å²) in [5.41, 5.74) is 4.07. The van der Waals surface area contributed by atoms with Crippen LogP contribution in [0, 0.1) is 13.8 Å². The Kier molecular flexibility index (Phi) is 6.59. The van der Waals surface area contributed by atoms with E-state index in [0.29, 0.717) is 18.1 Å². The van der Waals surface area contributed by atoms with Gasteiger partial charge in [-0.25, -0.2) is 0 Å². The van der Waals surface area contributed by atoms with Gasteiger partial charge in [0.2, 0.25) is 11.8 Å². The number of rotatable bonds is 6. The van der Waals surface area contributed by atoms with Gasteiger partial charge in [-0.2, -0.15) is 0 Å². The molecule has 0 aromatic heterocycles. The predicted molar refractivity (Wildman–Crippen MR) is 102 cm³/mol. The summed E-state index contributed by atoms with van der Waals surface area (Å²) in [6.45, 7) is 6.38. The lowest BCUT2D eigenvalue weighted by atomic mass is 10.1. The Hall–Kier alpha value is -2.33. The molecule has 0 radical (unpaired) electrons. The largest absolute Gasteiger partial charge is 0.338 e. The molecule has 0 atom stereocenters. The highest BCUT2D eigenvalue weighted by molar-refractivity contribution is 6.30. The molecule has 5 heteroatoms. The molecule has 132 valence electrons. The molecule has 4 nitrogen and oxygen atoms in total. The molecule has 1 N–H and O–H groups in total. The van der Waals surface area contributed by atoms with E-state index in [-0.39, 0.29) is 18.2 Å². The van der Waals surface area contributed by atoms with Gasteiger partial charge in [-0.15, -0.1) is 0 Å². The van der Waals surface area contributed by atoms with Gasteiger partial charge in [0.1, 0.15) is 0 Å². The van der Waals surface area contributed by atoms with E-state index in [2.05, 4.69) is 5.32 Å². The van der Waals surface area contributed by atoms with Crippen LogP contribution in [0.5, 0.6) is 0 Å². The molecule has 2 aromatic carbocycles. The summed E-state index contributed by atoms with van der Waals surface area (Å²) in [6, 6.07) is 13.2. The second-order valence-electron chi connectivity index (χ2n) is 6.16. The number of hydrogen-bond donors (Lipinski definition) is 1. The highest BCUT2D eigenvalue weighted by Crippen LogP contribution is 2.15. The van der Waals surface area contributed by atoms with Gasteiger partial charge < -0.3 is 10.2 Å². The Morgan fingerprint density at radius 3 is 2.32 bits per heavy atom. The fourth-order valence-electron chi connectivity index (χ4n) is 2.44. The third kappa shape index (κ3) is 5.91. The summed E-state index contributed by atoms with van der Waals surface area (Å²) in [5, 5.41) is 3.54. The molecule has 0 bridgehead atoms. The molecule has 2 rings (SSSR count). The maximum Gasteiger partial charge on any atom is 0.226 e. The highest BCUT2D eigenvalue weighted by Gasteiger charge is 2.12. The first kappa shape index (κ1) is 19.0. The second-order valence-corrected chi connectivity index (χ2v) is 6.60. The van der Waals surface area contributed by atoms with Gasteiger partial charge >= 0.3 is 0 Å². The SMILES string of the molecule is CC(=O)N(CCC(=O)Nc1ccc(C)c(C)c1)Cc1ccc(Cl)cc1. The molecule has 0 fully saturated rings. The lowest BCUT2D eigenvalue weighted by molar-refractivity contribution is -0.129. The van der Waals surface area contributed by atoms with Crippen LogP contribution in [0.4, 0.5) is 5.69 Å². The van der Waals surface area contributed by atoms with Gasteiger partial charge in [-0.05, 0) is 54.8 Å². The number of nitrogens with zero attached hydrogens (tertiary/aromatic N) is 1. The lowest BCUT2D eigenvalue weighted by Crippen LogP contribution is -2.31. The Balaban J connectivity index is 1.91. The standard InChI is InChI=1S/C20H23ClN2O2/c1-14-4-9-19(12-15(14)2)22-20(25)10-11-23(16(3)24)13-17-5-7-18(21)8-6-17/h4-9,12H,10-11,13H2,1-3H3,(H,22,25). The summed E-state index contributed by atoms with van der Waals surface area (Å²) >= 11 is 5.88. The van der Waals surface area contributed by atoms with Crippen molar-refractivity contribution in [2.24, 2.45) is 0 Å². The topological polar surface area (TPSA) is 49.4 Å². The smallest absolute Gasteiger partial charge is 0.226 e. The van der Waals surface area contributed by atoms with Gasteiger partial charge in [-0.3, -0.25) is 9.59 Å². The second kappa shape index (κ2) is 8.67. The Labute approximate surface area is 153 Å². The molecule has 0 saturated carbocycles. The van der Waals surface area contributed by atoms with Crippen LogP contribution in [0.15, 0.2) is 42.5 Å². The van der Waals surface area contributed by atoms with E-state index < -0.39 is 0 Å². The van der Waals surface area contributed by atoms with Crippen LogP contribution in [0.2, 0.25) is 5.02 Å². The van der Waals surface area contributed by atoms with Crippen molar-refractivity contribution in [2.45, 2.75) is 33.7 Å². The molecule has 2 aromatic rings. The van der Waals surface area contributed by atoms with E-state index in [1.807, 2.05) is 44.2 Å². The van der Waals surface area contributed by atoms with E-state index in [4.69, 9.17) is 11.6 Å². The van der Waals surface area contributed by atoms with E-state index in [1.54, 1.807) is 17.0 Å². The number of anilines is 1. The zero-order chi connectivity index (χ0) is 18.4. The number of hydrogen-bond acceptors (Lipinski definition) is 2. The number of nitrogens with one attached hydrogen (secondary N) is 1. The average Bonchev–Trinajstić information content (AvgIpc) is 2.56. The fourth-order valence-corrected chi connectivity index (χ4v) is 2.56. The van der Waals surface area contributed by atoms with Gasteiger partial charge in [0, 0.05) is 37.1 Å².